The van der Waals surface area contributed by atoms with Crippen LogP contribution in [-0.4, -0.2) is 38.2 Å². The summed E-state index contributed by atoms with van der Waals surface area (Å²) >= 11 is 0. The van der Waals surface area contributed by atoms with Crippen molar-refractivity contribution in [2.75, 3.05) is 27.2 Å². The molecule has 2 rings (SSSR count). The number of nitrogens with zero attached hydrogens (tertiary/aromatic N) is 2. The first-order valence-corrected chi connectivity index (χ1v) is 7.80. The number of nitrogens with one attached hydrogen (secondary N) is 2. The van der Waals surface area contributed by atoms with Crippen LogP contribution in [0.3, 0.4) is 0 Å². The van der Waals surface area contributed by atoms with Gasteiger partial charge >= 0.3 is 0 Å². The highest BCUT2D eigenvalue weighted by Crippen LogP contribution is 2.17. The molecular weight excluding hydrogens is 288 g/mol. The Balaban J connectivity index is 1.73. The van der Waals surface area contributed by atoms with Gasteiger partial charge in [-0.3, -0.25) is 9.98 Å². The number of ether oxygens (including phenoxy) is 1. The molecule has 5 nitrogen and oxygen atoms in total. The van der Waals surface area contributed by atoms with Gasteiger partial charge < -0.3 is 15.4 Å². The Morgan fingerprint density at radius 3 is 2.48 bits per heavy atom. The molecule has 1 heterocycles. The van der Waals surface area contributed by atoms with Crippen LogP contribution >= 0.6 is 0 Å². The fourth-order valence-corrected chi connectivity index (χ4v) is 2.30. The van der Waals surface area contributed by atoms with Crippen LogP contribution in [0.5, 0.6) is 5.75 Å². The number of para-hydroxylation sites is 1. The fraction of sp³-hybridized carbons (Fsp3) is 0.333. The maximum Gasteiger partial charge on any atom is 0.190 e. The van der Waals surface area contributed by atoms with Gasteiger partial charge in [-0.2, -0.15) is 0 Å². The molecule has 1 aromatic heterocycles. The van der Waals surface area contributed by atoms with Crippen LogP contribution in [0, 0.1) is 0 Å². The molecule has 0 atom stereocenters. The minimum absolute atomic E-state index is 0.795. The summed E-state index contributed by atoms with van der Waals surface area (Å²) in [6.07, 6.45) is 3.56. The van der Waals surface area contributed by atoms with Gasteiger partial charge in [0.05, 0.1) is 7.11 Å². The zero-order valence-electron chi connectivity index (χ0n) is 13.7. The minimum atomic E-state index is 0.795. The fourth-order valence-electron chi connectivity index (χ4n) is 2.30. The maximum atomic E-state index is 5.36. The normalized spacial score (nSPS) is 11.1. The lowest BCUT2D eigenvalue weighted by Crippen LogP contribution is -2.39. The second-order valence-electron chi connectivity index (χ2n) is 5.06. The predicted molar refractivity (Wildman–Crippen MR) is 94.0 cm³/mol. The zero-order valence-corrected chi connectivity index (χ0v) is 13.7. The molecule has 0 spiro atoms. The van der Waals surface area contributed by atoms with Crippen molar-refractivity contribution in [1.29, 1.82) is 0 Å². The Kier molecular flexibility index (Phi) is 6.91. The van der Waals surface area contributed by atoms with Crippen molar-refractivity contribution in [2.24, 2.45) is 4.99 Å². The molecular formula is C18H24N4O. The summed E-state index contributed by atoms with van der Waals surface area (Å²) in [6.45, 7) is 1.59. The van der Waals surface area contributed by atoms with E-state index in [0.29, 0.717) is 0 Å². The maximum absolute atomic E-state index is 5.36. The first-order valence-electron chi connectivity index (χ1n) is 7.80. The molecule has 0 aliphatic heterocycles. The van der Waals surface area contributed by atoms with Crippen molar-refractivity contribution < 1.29 is 4.74 Å². The summed E-state index contributed by atoms with van der Waals surface area (Å²) in [5.41, 5.74) is 2.26. The predicted octanol–water partition coefficient (Wildman–Crippen LogP) is 2.04. The van der Waals surface area contributed by atoms with Gasteiger partial charge in [0.25, 0.3) is 0 Å². The topological polar surface area (TPSA) is 58.5 Å². The van der Waals surface area contributed by atoms with Crippen molar-refractivity contribution in [1.82, 2.24) is 15.6 Å². The monoisotopic (exact) mass is 312 g/mol. The number of hydrogen-bond acceptors (Lipinski definition) is 3. The average Bonchev–Trinajstić information content (AvgIpc) is 2.61. The SMILES string of the molecule is CN=C(NCCc1ccccn1)NCCc1ccccc1OC. The van der Waals surface area contributed by atoms with Crippen molar-refractivity contribution in [2.45, 2.75) is 12.8 Å². The highest BCUT2D eigenvalue weighted by Gasteiger charge is 2.02. The van der Waals surface area contributed by atoms with Crippen LogP contribution in [0.25, 0.3) is 0 Å². The summed E-state index contributed by atoms with van der Waals surface area (Å²) in [5.74, 6) is 1.73. The van der Waals surface area contributed by atoms with Crippen LogP contribution in [0.15, 0.2) is 53.7 Å². The van der Waals surface area contributed by atoms with Crippen molar-refractivity contribution in [3.8, 4) is 5.75 Å². The van der Waals surface area contributed by atoms with E-state index in [0.717, 1.165) is 43.3 Å². The summed E-state index contributed by atoms with van der Waals surface area (Å²) in [7, 11) is 3.48. The summed E-state index contributed by atoms with van der Waals surface area (Å²) in [5, 5.41) is 6.62. The number of aromatic nitrogens is 1. The third kappa shape index (κ3) is 5.62. The second-order valence-corrected chi connectivity index (χ2v) is 5.06. The lowest BCUT2D eigenvalue weighted by Gasteiger charge is -2.13. The van der Waals surface area contributed by atoms with E-state index in [-0.39, 0.29) is 0 Å². The molecule has 5 heteroatoms. The second kappa shape index (κ2) is 9.46. The molecule has 0 aliphatic carbocycles. The van der Waals surface area contributed by atoms with Gasteiger partial charge in [0.1, 0.15) is 5.75 Å². The van der Waals surface area contributed by atoms with E-state index in [9.17, 15) is 0 Å². The van der Waals surface area contributed by atoms with Gasteiger partial charge in [0.15, 0.2) is 5.96 Å². The number of aliphatic imine (C=N–C) groups is 1. The first-order chi connectivity index (χ1) is 11.3. The van der Waals surface area contributed by atoms with Gasteiger partial charge in [-0.25, -0.2) is 0 Å². The molecule has 0 saturated carbocycles. The standard InChI is InChI=1S/C18H24N4O/c1-19-18(22-14-11-16-8-5-6-12-20-16)21-13-10-15-7-3-4-9-17(15)23-2/h3-9,12H,10-11,13-14H2,1-2H3,(H2,19,21,22). The first kappa shape index (κ1) is 16.8. The number of benzene rings is 1. The highest BCUT2D eigenvalue weighted by molar-refractivity contribution is 5.79. The molecule has 23 heavy (non-hydrogen) atoms. The zero-order chi connectivity index (χ0) is 16.3. The molecule has 1 aromatic carbocycles. The Morgan fingerprint density at radius 2 is 1.78 bits per heavy atom. The van der Waals surface area contributed by atoms with Gasteiger partial charge in [0.2, 0.25) is 0 Å². The van der Waals surface area contributed by atoms with Gasteiger partial charge in [0, 0.05) is 38.4 Å². The summed E-state index contributed by atoms with van der Waals surface area (Å²) in [4.78, 5) is 8.54. The Labute approximate surface area is 137 Å². The Bertz CT molecular complexity index is 613. The van der Waals surface area contributed by atoms with E-state index in [2.05, 4.69) is 26.7 Å². The minimum Gasteiger partial charge on any atom is -0.496 e. The van der Waals surface area contributed by atoms with Crippen LogP contribution in [0.4, 0.5) is 0 Å². The van der Waals surface area contributed by atoms with Crippen molar-refractivity contribution in [3.05, 3.63) is 59.9 Å². The van der Waals surface area contributed by atoms with E-state index in [1.165, 1.54) is 5.56 Å². The third-order valence-corrected chi connectivity index (χ3v) is 3.50. The van der Waals surface area contributed by atoms with Crippen LogP contribution in [0.2, 0.25) is 0 Å². The van der Waals surface area contributed by atoms with E-state index < -0.39 is 0 Å². The van der Waals surface area contributed by atoms with Crippen LogP contribution in [-0.2, 0) is 12.8 Å². The molecule has 0 aliphatic rings. The number of pyridine rings is 1. The van der Waals surface area contributed by atoms with Crippen molar-refractivity contribution >= 4 is 5.96 Å². The number of rotatable bonds is 7. The lowest BCUT2D eigenvalue weighted by atomic mass is 10.1. The van der Waals surface area contributed by atoms with Crippen molar-refractivity contribution in [3.63, 3.8) is 0 Å². The Hall–Kier alpha value is -2.56. The number of guanidine groups is 1. The van der Waals surface area contributed by atoms with Gasteiger partial charge in [-0.15, -0.1) is 0 Å². The van der Waals surface area contributed by atoms with Gasteiger partial charge in [-0.05, 0) is 30.2 Å². The van der Waals surface area contributed by atoms with Crippen LogP contribution in [0.1, 0.15) is 11.3 Å². The molecule has 0 saturated heterocycles. The molecule has 0 amide bonds. The van der Waals surface area contributed by atoms with Gasteiger partial charge in [-0.1, -0.05) is 24.3 Å². The molecule has 2 N–H and O–H groups in total. The number of methoxy groups -OCH3 is 1. The van der Waals surface area contributed by atoms with E-state index >= 15 is 0 Å². The Morgan fingerprint density at radius 1 is 1.04 bits per heavy atom. The largest absolute Gasteiger partial charge is 0.496 e. The van der Waals surface area contributed by atoms with E-state index in [4.69, 9.17) is 4.74 Å². The lowest BCUT2D eigenvalue weighted by molar-refractivity contribution is 0.409. The van der Waals surface area contributed by atoms with Crippen LogP contribution < -0.4 is 15.4 Å². The third-order valence-electron chi connectivity index (χ3n) is 3.50. The molecule has 0 unspecified atom stereocenters. The molecule has 0 radical (unpaired) electrons. The molecule has 0 fully saturated rings. The highest BCUT2D eigenvalue weighted by atomic mass is 16.5. The average molecular weight is 312 g/mol. The summed E-state index contributed by atoms with van der Waals surface area (Å²) < 4.78 is 5.36. The summed E-state index contributed by atoms with van der Waals surface area (Å²) in [6, 6.07) is 14.0. The van der Waals surface area contributed by atoms with E-state index in [1.54, 1.807) is 14.2 Å². The number of hydrogen-bond donors (Lipinski definition) is 2. The molecule has 0 bridgehead atoms. The quantitative estimate of drug-likeness (QED) is 0.607. The van der Waals surface area contributed by atoms with E-state index in [1.807, 2.05) is 42.6 Å². The molecule has 2 aromatic rings. The molecule has 122 valence electrons. The smallest absolute Gasteiger partial charge is 0.190 e.